The van der Waals surface area contributed by atoms with Gasteiger partial charge in [-0.1, -0.05) is 70.9 Å². The van der Waals surface area contributed by atoms with Gasteiger partial charge in [-0.3, -0.25) is 4.79 Å². The van der Waals surface area contributed by atoms with Gasteiger partial charge in [-0.25, -0.2) is 4.79 Å². The van der Waals surface area contributed by atoms with Crippen LogP contribution >= 0.6 is 0 Å². The average molecular weight is 505 g/mol. The van der Waals surface area contributed by atoms with Crippen molar-refractivity contribution in [3.05, 3.63) is 64.8 Å². The lowest BCUT2D eigenvalue weighted by atomic mass is 9.85. The van der Waals surface area contributed by atoms with Gasteiger partial charge >= 0.3 is 5.97 Å². The van der Waals surface area contributed by atoms with Crippen LogP contribution in [-0.4, -0.2) is 35.2 Å². The minimum Gasteiger partial charge on any atom is -0.496 e. The second kappa shape index (κ2) is 12.3. The van der Waals surface area contributed by atoms with Gasteiger partial charge in [0, 0.05) is 34.8 Å². The molecular formula is C31H40N2O4. The van der Waals surface area contributed by atoms with Gasteiger partial charge in [0.25, 0.3) is 5.91 Å². The summed E-state index contributed by atoms with van der Waals surface area (Å²) in [6.07, 6.45) is 11.8. The molecule has 1 aliphatic carbocycles. The highest BCUT2D eigenvalue weighted by atomic mass is 16.5. The molecule has 0 saturated heterocycles. The zero-order valence-electron chi connectivity index (χ0n) is 22.4. The van der Waals surface area contributed by atoms with Gasteiger partial charge in [0.15, 0.2) is 0 Å². The Labute approximate surface area is 220 Å². The van der Waals surface area contributed by atoms with Crippen LogP contribution in [0.2, 0.25) is 0 Å². The van der Waals surface area contributed by atoms with Crippen LogP contribution in [0.15, 0.2) is 42.6 Å². The van der Waals surface area contributed by atoms with E-state index in [0.29, 0.717) is 36.2 Å². The molecule has 0 atom stereocenters. The largest absolute Gasteiger partial charge is 0.496 e. The molecule has 0 radical (unpaired) electrons. The number of carboxylic acids is 1. The minimum atomic E-state index is -0.977. The third-order valence-corrected chi connectivity index (χ3v) is 8.04. The number of nitrogens with zero attached hydrogens (tertiary/aromatic N) is 1. The summed E-state index contributed by atoms with van der Waals surface area (Å²) in [4.78, 5) is 24.5. The summed E-state index contributed by atoms with van der Waals surface area (Å²) in [5, 5.41) is 13.7. The first-order valence-corrected chi connectivity index (χ1v) is 13.7. The lowest BCUT2D eigenvalue weighted by Gasteiger charge is -2.21. The SMILES string of the molecule is CCC(CC)CNC(=O)c1ccc2c(CC3CCCCC3)cn(Cc3ccc(C(=O)O)cc3OC)c2c1. The summed E-state index contributed by atoms with van der Waals surface area (Å²) in [7, 11) is 1.56. The predicted octanol–water partition coefficient (Wildman–Crippen LogP) is 6.69. The summed E-state index contributed by atoms with van der Waals surface area (Å²) in [5.74, 6) is 0.712. The van der Waals surface area contributed by atoms with Crippen molar-refractivity contribution in [3.63, 3.8) is 0 Å². The van der Waals surface area contributed by atoms with Crippen LogP contribution in [0.1, 0.15) is 90.6 Å². The normalized spacial score (nSPS) is 14.3. The maximum atomic E-state index is 13.0. The number of aromatic carboxylic acids is 1. The lowest BCUT2D eigenvalue weighted by molar-refractivity contribution is 0.0696. The van der Waals surface area contributed by atoms with E-state index in [1.807, 2.05) is 18.2 Å². The van der Waals surface area contributed by atoms with Gasteiger partial charge in [-0.2, -0.15) is 0 Å². The number of nitrogens with one attached hydrogen (secondary N) is 1. The van der Waals surface area contributed by atoms with Crippen molar-refractivity contribution in [2.45, 2.75) is 71.8 Å². The van der Waals surface area contributed by atoms with E-state index in [-0.39, 0.29) is 11.5 Å². The molecule has 3 aromatic rings. The Morgan fingerprint density at radius 3 is 2.43 bits per heavy atom. The first-order chi connectivity index (χ1) is 17.9. The maximum Gasteiger partial charge on any atom is 0.335 e. The number of carboxylic acid groups (broad SMARTS) is 1. The van der Waals surface area contributed by atoms with Crippen LogP contribution in [0, 0.1) is 11.8 Å². The number of hydrogen-bond acceptors (Lipinski definition) is 3. The number of amides is 1. The molecule has 2 N–H and O–H groups in total. The van der Waals surface area contributed by atoms with Gasteiger partial charge in [-0.15, -0.1) is 0 Å². The van der Waals surface area contributed by atoms with E-state index in [1.165, 1.54) is 43.1 Å². The Balaban J connectivity index is 1.68. The molecule has 2 aromatic carbocycles. The van der Waals surface area contributed by atoms with E-state index >= 15 is 0 Å². The number of methoxy groups -OCH3 is 1. The zero-order valence-corrected chi connectivity index (χ0v) is 22.4. The highest BCUT2D eigenvalue weighted by molar-refractivity contribution is 5.98. The van der Waals surface area contributed by atoms with Crippen LogP contribution < -0.4 is 10.1 Å². The summed E-state index contributed by atoms with van der Waals surface area (Å²) in [6, 6.07) is 11.1. The molecule has 6 nitrogen and oxygen atoms in total. The van der Waals surface area contributed by atoms with Gasteiger partial charge in [0.05, 0.1) is 19.2 Å². The fourth-order valence-corrected chi connectivity index (χ4v) is 5.61. The van der Waals surface area contributed by atoms with Crippen molar-refractivity contribution in [2.75, 3.05) is 13.7 Å². The van der Waals surface area contributed by atoms with Crippen molar-refractivity contribution < 1.29 is 19.4 Å². The number of ether oxygens (including phenoxy) is 1. The Morgan fingerprint density at radius 2 is 1.76 bits per heavy atom. The van der Waals surface area contributed by atoms with Crippen molar-refractivity contribution >= 4 is 22.8 Å². The third kappa shape index (κ3) is 6.35. The fraction of sp³-hybridized carbons (Fsp3) is 0.484. The quantitative estimate of drug-likeness (QED) is 0.305. The number of aromatic nitrogens is 1. The first kappa shape index (κ1) is 26.8. The number of rotatable bonds is 11. The molecule has 0 spiro atoms. The zero-order chi connectivity index (χ0) is 26.4. The van der Waals surface area contributed by atoms with Crippen molar-refractivity contribution in [3.8, 4) is 5.75 Å². The lowest BCUT2D eigenvalue weighted by Crippen LogP contribution is -2.28. The van der Waals surface area contributed by atoms with Gasteiger partial charge < -0.3 is 19.7 Å². The van der Waals surface area contributed by atoms with E-state index in [1.54, 1.807) is 19.2 Å². The Hall–Kier alpha value is -3.28. The molecule has 0 aliphatic heterocycles. The van der Waals surface area contributed by atoms with E-state index < -0.39 is 5.97 Å². The van der Waals surface area contributed by atoms with E-state index in [2.05, 4.69) is 36.0 Å². The standard InChI is InChI=1S/C31H40N2O4/c1-4-21(5-2)18-32-30(34)23-13-14-27-26(15-22-9-7-6-8-10-22)20-33(28(27)16-23)19-25-12-11-24(31(35)36)17-29(25)37-3/h11-14,16-17,20-22H,4-10,15,18-19H2,1-3H3,(H,32,34)(H,35,36). The van der Waals surface area contributed by atoms with Crippen LogP contribution in [0.25, 0.3) is 10.9 Å². The molecule has 6 heteroatoms. The van der Waals surface area contributed by atoms with E-state index in [9.17, 15) is 14.7 Å². The van der Waals surface area contributed by atoms with E-state index in [0.717, 1.165) is 30.3 Å². The molecule has 1 amide bonds. The number of carbonyl (C=O) groups excluding carboxylic acids is 1. The molecule has 1 aromatic heterocycles. The smallest absolute Gasteiger partial charge is 0.335 e. The minimum absolute atomic E-state index is 0.0428. The maximum absolute atomic E-state index is 13.0. The van der Waals surface area contributed by atoms with Gasteiger partial charge in [0.1, 0.15) is 5.75 Å². The highest BCUT2D eigenvalue weighted by Gasteiger charge is 2.19. The molecule has 0 bridgehead atoms. The Bertz CT molecular complexity index is 1240. The van der Waals surface area contributed by atoms with Crippen LogP contribution in [0.4, 0.5) is 0 Å². The Morgan fingerprint density at radius 1 is 1.03 bits per heavy atom. The monoisotopic (exact) mass is 504 g/mol. The molecule has 37 heavy (non-hydrogen) atoms. The summed E-state index contributed by atoms with van der Waals surface area (Å²) in [5.41, 5.74) is 4.09. The summed E-state index contributed by atoms with van der Waals surface area (Å²) >= 11 is 0. The van der Waals surface area contributed by atoms with Crippen molar-refractivity contribution in [2.24, 2.45) is 11.8 Å². The number of hydrogen-bond donors (Lipinski definition) is 2. The molecule has 0 unspecified atom stereocenters. The number of benzene rings is 2. The molecule has 198 valence electrons. The second-order valence-corrected chi connectivity index (χ2v) is 10.4. The predicted molar refractivity (Wildman–Crippen MR) is 148 cm³/mol. The molecule has 1 saturated carbocycles. The molecule has 4 rings (SSSR count). The van der Waals surface area contributed by atoms with Gasteiger partial charge in [0.2, 0.25) is 0 Å². The topological polar surface area (TPSA) is 80.6 Å². The first-order valence-electron chi connectivity index (χ1n) is 13.7. The highest BCUT2D eigenvalue weighted by Crippen LogP contribution is 2.32. The number of carbonyl (C=O) groups is 2. The molecule has 1 heterocycles. The fourth-order valence-electron chi connectivity index (χ4n) is 5.61. The third-order valence-electron chi connectivity index (χ3n) is 8.04. The van der Waals surface area contributed by atoms with Crippen LogP contribution in [0.3, 0.4) is 0 Å². The van der Waals surface area contributed by atoms with E-state index in [4.69, 9.17) is 4.74 Å². The van der Waals surface area contributed by atoms with Crippen LogP contribution in [0.5, 0.6) is 5.75 Å². The molecule has 1 fully saturated rings. The second-order valence-electron chi connectivity index (χ2n) is 10.4. The Kier molecular flexibility index (Phi) is 8.91. The molecule has 1 aliphatic rings. The average Bonchev–Trinajstić information content (AvgIpc) is 3.25. The number of fused-ring (bicyclic) bond motifs is 1. The van der Waals surface area contributed by atoms with Gasteiger partial charge in [-0.05, 0) is 48.1 Å². The molecular weight excluding hydrogens is 464 g/mol. The summed E-state index contributed by atoms with van der Waals surface area (Å²) < 4.78 is 7.73. The van der Waals surface area contributed by atoms with Crippen molar-refractivity contribution in [1.29, 1.82) is 0 Å². The summed E-state index contributed by atoms with van der Waals surface area (Å²) in [6.45, 7) is 5.53. The van der Waals surface area contributed by atoms with Crippen molar-refractivity contribution in [1.82, 2.24) is 9.88 Å². The van der Waals surface area contributed by atoms with Crippen LogP contribution in [-0.2, 0) is 13.0 Å².